The third kappa shape index (κ3) is 2.76. The van der Waals surface area contributed by atoms with Crippen LogP contribution in [-0.4, -0.2) is 34.2 Å². The van der Waals surface area contributed by atoms with Crippen LogP contribution >= 0.6 is 11.6 Å². The van der Waals surface area contributed by atoms with Gasteiger partial charge in [-0.15, -0.1) is 0 Å². The number of nitrogens with one attached hydrogen (secondary N) is 1. The molecule has 0 aliphatic rings. The number of aromatic amines is 1. The second-order valence-corrected chi connectivity index (χ2v) is 4.98. The maximum Gasteiger partial charge on any atom is 0.342 e. The smallest absolute Gasteiger partial charge is 0.342 e. The number of halogens is 2. The minimum atomic E-state index is -1.71. The van der Waals surface area contributed by atoms with Gasteiger partial charge >= 0.3 is 11.9 Å². The Kier molecular flexibility index (Phi) is 4.47. The number of rotatable bonds is 4. The summed E-state index contributed by atoms with van der Waals surface area (Å²) in [4.78, 5) is 36.7. The number of nitrogens with two attached hydrogens (primary N) is 1. The zero-order valence-electron chi connectivity index (χ0n) is 12.0. The lowest BCUT2D eigenvalue weighted by atomic mass is 9.95. The first-order chi connectivity index (χ1) is 11.2. The predicted molar refractivity (Wildman–Crippen MR) is 82.3 cm³/mol. The second kappa shape index (κ2) is 6.20. The lowest BCUT2D eigenvalue weighted by Crippen LogP contribution is -2.24. The maximum atomic E-state index is 14.0. The molecule has 0 fully saturated rings. The van der Waals surface area contributed by atoms with Gasteiger partial charge in [0.25, 0.3) is 5.56 Å². The number of hydrogen-bond acceptors (Lipinski definition) is 5. The Balaban J connectivity index is 3.00. The van der Waals surface area contributed by atoms with Gasteiger partial charge in [0.05, 0.1) is 12.1 Å². The van der Waals surface area contributed by atoms with Crippen LogP contribution in [0.1, 0.15) is 20.7 Å². The summed E-state index contributed by atoms with van der Waals surface area (Å²) < 4.78 is 18.8. The highest BCUT2D eigenvalue weighted by Crippen LogP contribution is 2.36. The van der Waals surface area contributed by atoms with Crippen LogP contribution < -0.4 is 16.0 Å². The fourth-order valence-corrected chi connectivity index (χ4v) is 2.52. The molecule has 24 heavy (non-hydrogen) atoms. The zero-order valence-corrected chi connectivity index (χ0v) is 12.8. The van der Waals surface area contributed by atoms with Crippen molar-refractivity contribution >= 4 is 29.4 Å². The molecule has 0 atom stereocenters. The highest BCUT2D eigenvalue weighted by Gasteiger charge is 2.27. The molecule has 5 N–H and O–H groups in total. The fraction of sp³-hybridized carbons (Fsp3) is 0.0714. The van der Waals surface area contributed by atoms with Crippen molar-refractivity contribution in [3.8, 4) is 16.9 Å². The van der Waals surface area contributed by atoms with Crippen LogP contribution in [0.15, 0.2) is 16.9 Å². The number of pyridine rings is 1. The third-order valence-corrected chi connectivity index (χ3v) is 3.44. The molecule has 126 valence electrons. The largest absolute Gasteiger partial charge is 0.492 e. The van der Waals surface area contributed by atoms with Gasteiger partial charge in [0.15, 0.2) is 11.6 Å². The Hall–Kier alpha value is -3.07. The Morgan fingerprint density at radius 2 is 1.83 bits per heavy atom. The number of aromatic carboxylic acids is 2. The molecule has 0 saturated heterocycles. The lowest BCUT2D eigenvalue weighted by molar-refractivity contribution is 0.0695. The molecule has 0 spiro atoms. The molecule has 0 aliphatic carbocycles. The normalized spacial score (nSPS) is 10.5. The number of nitrogen functional groups attached to an aromatic ring is 1. The van der Waals surface area contributed by atoms with Crippen molar-refractivity contribution in [3.05, 3.63) is 44.5 Å². The van der Waals surface area contributed by atoms with Crippen molar-refractivity contribution in [2.45, 2.75) is 0 Å². The van der Waals surface area contributed by atoms with Crippen LogP contribution in [0.2, 0.25) is 5.02 Å². The second-order valence-electron chi connectivity index (χ2n) is 4.58. The molecular weight excluding hydrogens is 347 g/mol. The van der Waals surface area contributed by atoms with Crippen LogP contribution in [0.5, 0.6) is 5.75 Å². The van der Waals surface area contributed by atoms with E-state index < -0.39 is 45.8 Å². The number of carboxylic acids is 2. The van der Waals surface area contributed by atoms with E-state index in [0.717, 1.165) is 12.1 Å². The van der Waals surface area contributed by atoms with Crippen molar-refractivity contribution in [1.29, 1.82) is 0 Å². The summed E-state index contributed by atoms with van der Waals surface area (Å²) >= 11 is 5.85. The SMILES string of the molecule is COc1c(F)cc(-c2c(C(=O)O)c(N)[nH]c(=O)c2C(=O)O)cc1Cl. The summed E-state index contributed by atoms with van der Waals surface area (Å²) in [7, 11) is 1.17. The van der Waals surface area contributed by atoms with Crippen molar-refractivity contribution in [2.75, 3.05) is 12.8 Å². The first-order valence-corrected chi connectivity index (χ1v) is 6.62. The van der Waals surface area contributed by atoms with Crippen molar-refractivity contribution in [3.63, 3.8) is 0 Å². The predicted octanol–water partition coefficient (Wildman–Crippen LogP) is 1.82. The highest BCUT2D eigenvalue weighted by atomic mass is 35.5. The molecule has 8 nitrogen and oxygen atoms in total. The summed E-state index contributed by atoms with van der Waals surface area (Å²) in [5, 5.41) is 18.3. The average molecular weight is 357 g/mol. The Morgan fingerprint density at radius 3 is 2.29 bits per heavy atom. The van der Waals surface area contributed by atoms with E-state index in [9.17, 15) is 29.0 Å². The van der Waals surface area contributed by atoms with Gasteiger partial charge in [-0.2, -0.15) is 0 Å². The van der Waals surface area contributed by atoms with E-state index in [1.165, 1.54) is 7.11 Å². The topological polar surface area (TPSA) is 143 Å². The number of methoxy groups -OCH3 is 1. The number of H-pyrrole nitrogens is 1. The van der Waals surface area contributed by atoms with Gasteiger partial charge in [-0.25, -0.2) is 14.0 Å². The molecule has 0 saturated carbocycles. The number of hydrogen-bond donors (Lipinski definition) is 4. The summed E-state index contributed by atoms with van der Waals surface area (Å²) in [6, 6.07) is 1.88. The molecule has 1 aromatic heterocycles. The highest BCUT2D eigenvalue weighted by molar-refractivity contribution is 6.32. The monoisotopic (exact) mass is 356 g/mol. The summed E-state index contributed by atoms with van der Waals surface area (Å²) in [6.07, 6.45) is 0. The molecule has 10 heteroatoms. The van der Waals surface area contributed by atoms with Crippen LogP contribution in [0.4, 0.5) is 10.2 Å². The van der Waals surface area contributed by atoms with E-state index in [1.807, 2.05) is 4.98 Å². The first kappa shape index (κ1) is 17.3. The van der Waals surface area contributed by atoms with Gasteiger partial charge in [0.1, 0.15) is 16.9 Å². The molecule has 0 bridgehead atoms. The van der Waals surface area contributed by atoms with E-state index in [1.54, 1.807) is 0 Å². The van der Waals surface area contributed by atoms with Gasteiger partial charge in [0, 0.05) is 5.56 Å². The molecule has 0 aliphatic heterocycles. The average Bonchev–Trinajstić information content (AvgIpc) is 2.44. The molecule has 0 radical (unpaired) electrons. The molecule has 2 rings (SSSR count). The minimum Gasteiger partial charge on any atom is -0.492 e. The summed E-state index contributed by atoms with van der Waals surface area (Å²) in [5.41, 5.74) is 1.96. The molecule has 0 unspecified atom stereocenters. The number of ether oxygens (including phenoxy) is 1. The molecule has 1 aromatic carbocycles. The van der Waals surface area contributed by atoms with E-state index in [4.69, 9.17) is 22.1 Å². The summed E-state index contributed by atoms with van der Waals surface area (Å²) in [6.45, 7) is 0. The van der Waals surface area contributed by atoms with Crippen LogP contribution in [0.3, 0.4) is 0 Å². The number of aromatic nitrogens is 1. The van der Waals surface area contributed by atoms with E-state index in [-0.39, 0.29) is 16.3 Å². The Morgan fingerprint density at radius 1 is 1.25 bits per heavy atom. The van der Waals surface area contributed by atoms with Crippen molar-refractivity contribution in [1.82, 2.24) is 4.98 Å². The van der Waals surface area contributed by atoms with Crippen LogP contribution in [0, 0.1) is 5.82 Å². The zero-order chi connectivity index (χ0) is 18.2. The van der Waals surface area contributed by atoms with Gasteiger partial charge < -0.3 is 25.7 Å². The molecular formula is C14H10ClFN2O6. The van der Waals surface area contributed by atoms with Crippen molar-refractivity contribution in [2.24, 2.45) is 0 Å². The van der Waals surface area contributed by atoms with Gasteiger partial charge in [0.2, 0.25) is 0 Å². The third-order valence-electron chi connectivity index (χ3n) is 3.16. The standard InChI is InChI=1S/C14H10ClFN2O6/c1-24-10-5(15)2-4(3-6(10)16)7-8(13(20)21)11(17)18-12(19)9(7)14(22)23/h2-3H,1H3,(H,20,21)(H,22,23)(H3,17,18,19). The lowest BCUT2D eigenvalue weighted by Gasteiger charge is -2.13. The van der Waals surface area contributed by atoms with Crippen LogP contribution in [0.25, 0.3) is 11.1 Å². The van der Waals surface area contributed by atoms with Crippen LogP contribution in [-0.2, 0) is 0 Å². The summed E-state index contributed by atoms with van der Waals surface area (Å²) in [5.74, 6) is -5.16. The minimum absolute atomic E-state index is 0.237. The Labute approximate surface area is 138 Å². The van der Waals surface area contributed by atoms with E-state index in [0.29, 0.717) is 0 Å². The quantitative estimate of drug-likeness (QED) is 0.654. The number of anilines is 1. The Bertz CT molecular complexity index is 901. The van der Waals surface area contributed by atoms with E-state index >= 15 is 0 Å². The maximum absolute atomic E-state index is 14.0. The number of benzene rings is 1. The number of carboxylic acid groups (broad SMARTS) is 2. The first-order valence-electron chi connectivity index (χ1n) is 6.24. The van der Waals surface area contributed by atoms with Gasteiger partial charge in [-0.05, 0) is 17.7 Å². The molecule has 0 amide bonds. The fourth-order valence-electron chi connectivity index (χ4n) is 2.23. The van der Waals surface area contributed by atoms with E-state index in [2.05, 4.69) is 0 Å². The van der Waals surface area contributed by atoms with Gasteiger partial charge in [-0.3, -0.25) is 4.79 Å². The van der Waals surface area contributed by atoms with Gasteiger partial charge in [-0.1, -0.05) is 11.6 Å². The molecule has 1 heterocycles. The number of carbonyl (C=O) groups is 2. The van der Waals surface area contributed by atoms with Crippen molar-refractivity contribution < 1.29 is 28.9 Å². The molecule has 2 aromatic rings.